The van der Waals surface area contributed by atoms with Gasteiger partial charge in [-0.1, -0.05) is 44.2 Å². The van der Waals surface area contributed by atoms with Gasteiger partial charge in [-0.3, -0.25) is 20.4 Å². The highest BCUT2D eigenvalue weighted by molar-refractivity contribution is 6.04. The van der Waals surface area contributed by atoms with Gasteiger partial charge in [-0.05, 0) is 36.1 Å². The number of carbonyl (C=O) groups excluding carboxylic acids is 3. The minimum Gasteiger partial charge on any atom is -0.545 e. The van der Waals surface area contributed by atoms with Gasteiger partial charge in [-0.2, -0.15) is 0 Å². The number of benzene rings is 2. The normalized spacial score (nSPS) is 10.4. The lowest BCUT2D eigenvalue weighted by atomic mass is 10.0. The van der Waals surface area contributed by atoms with Crippen LogP contribution < -0.4 is 20.7 Å². The molecule has 2 N–H and O–H groups in total. The maximum Gasteiger partial charge on any atom is 0.276 e. The number of hydrazine groups is 1. The molecule has 142 valence electrons. The molecule has 0 atom stereocenters. The lowest BCUT2D eigenvalue weighted by Crippen LogP contribution is -2.44. The van der Waals surface area contributed by atoms with Gasteiger partial charge in [0.2, 0.25) is 0 Å². The van der Waals surface area contributed by atoms with E-state index in [9.17, 15) is 19.5 Å². The van der Waals surface area contributed by atoms with E-state index in [1.807, 2.05) is 39.0 Å². The summed E-state index contributed by atoms with van der Waals surface area (Å²) in [6.45, 7) is 5.66. The second-order valence-electron chi connectivity index (χ2n) is 6.32. The molecule has 2 aromatic rings. The number of hydrogen-bond acceptors (Lipinski definition) is 5. The number of aryl methyl sites for hydroxylation is 1. The SMILES string of the molecule is Cc1ccc(C(C)C)c(OCC(=O)NNC(=O)c2ccccc2C(=O)[O-])c1. The van der Waals surface area contributed by atoms with Crippen molar-refractivity contribution >= 4 is 17.8 Å². The molecule has 0 aliphatic carbocycles. The lowest BCUT2D eigenvalue weighted by molar-refractivity contribution is -0.255. The average Bonchev–Trinajstić information content (AvgIpc) is 2.64. The Morgan fingerprint density at radius 2 is 1.70 bits per heavy atom. The second-order valence-corrected chi connectivity index (χ2v) is 6.32. The van der Waals surface area contributed by atoms with E-state index in [2.05, 4.69) is 10.9 Å². The first-order chi connectivity index (χ1) is 12.8. The topological polar surface area (TPSA) is 108 Å². The Balaban J connectivity index is 1.95. The van der Waals surface area contributed by atoms with Gasteiger partial charge in [-0.25, -0.2) is 0 Å². The lowest BCUT2D eigenvalue weighted by Gasteiger charge is -2.15. The van der Waals surface area contributed by atoms with Crippen LogP contribution >= 0.6 is 0 Å². The Hall–Kier alpha value is -3.35. The molecule has 0 unspecified atom stereocenters. The summed E-state index contributed by atoms with van der Waals surface area (Å²) in [5, 5.41) is 11.0. The predicted molar refractivity (Wildman–Crippen MR) is 97.1 cm³/mol. The summed E-state index contributed by atoms with van der Waals surface area (Å²) in [6, 6.07) is 11.3. The summed E-state index contributed by atoms with van der Waals surface area (Å²) < 4.78 is 5.57. The Kier molecular flexibility index (Phi) is 6.54. The van der Waals surface area contributed by atoms with E-state index in [0.717, 1.165) is 11.1 Å². The van der Waals surface area contributed by atoms with Crippen molar-refractivity contribution in [3.63, 3.8) is 0 Å². The average molecular weight is 369 g/mol. The first kappa shape index (κ1) is 20.0. The molecule has 0 fully saturated rings. The number of hydrogen-bond donors (Lipinski definition) is 2. The molecule has 2 rings (SSSR count). The van der Waals surface area contributed by atoms with Crippen molar-refractivity contribution in [2.24, 2.45) is 0 Å². The van der Waals surface area contributed by atoms with Gasteiger partial charge in [0, 0.05) is 5.56 Å². The molecule has 0 aliphatic rings. The molecule has 0 heterocycles. The Morgan fingerprint density at radius 1 is 1.04 bits per heavy atom. The molecular formula is C20H21N2O5-. The van der Waals surface area contributed by atoms with Gasteiger partial charge < -0.3 is 14.6 Å². The Labute approximate surface area is 157 Å². The molecule has 0 bridgehead atoms. The van der Waals surface area contributed by atoms with Crippen LogP contribution in [0, 0.1) is 6.92 Å². The summed E-state index contributed by atoms with van der Waals surface area (Å²) in [7, 11) is 0. The van der Waals surface area contributed by atoms with Crippen molar-refractivity contribution < 1.29 is 24.2 Å². The molecule has 0 spiro atoms. The van der Waals surface area contributed by atoms with Crippen molar-refractivity contribution in [1.82, 2.24) is 10.9 Å². The zero-order chi connectivity index (χ0) is 20.0. The second kappa shape index (κ2) is 8.84. The summed E-state index contributed by atoms with van der Waals surface area (Å²) in [4.78, 5) is 35.1. The molecule has 0 aromatic heterocycles. The molecule has 0 aliphatic heterocycles. The fraction of sp³-hybridized carbons (Fsp3) is 0.250. The van der Waals surface area contributed by atoms with Crippen molar-refractivity contribution in [3.8, 4) is 5.75 Å². The van der Waals surface area contributed by atoms with Crippen molar-refractivity contribution in [2.75, 3.05) is 6.61 Å². The molecule has 2 amide bonds. The maximum atomic E-state index is 12.1. The summed E-state index contributed by atoms with van der Waals surface area (Å²) in [5.41, 5.74) is 5.97. The summed E-state index contributed by atoms with van der Waals surface area (Å²) in [6.07, 6.45) is 0. The van der Waals surface area contributed by atoms with Crippen LogP contribution in [-0.4, -0.2) is 24.4 Å². The number of ether oxygens (including phenoxy) is 1. The monoisotopic (exact) mass is 369 g/mol. The maximum absolute atomic E-state index is 12.1. The van der Waals surface area contributed by atoms with Crippen LogP contribution in [0.3, 0.4) is 0 Å². The number of carboxylic acid groups (broad SMARTS) is 1. The molecule has 0 radical (unpaired) electrons. The molecule has 0 saturated carbocycles. The fourth-order valence-electron chi connectivity index (χ4n) is 2.48. The van der Waals surface area contributed by atoms with Gasteiger partial charge in [0.25, 0.3) is 11.8 Å². The smallest absolute Gasteiger partial charge is 0.276 e. The Bertz CT molecular complexity index is 861. The molecular weight excluding hydrogens is 348 g/mol. The van der Waals surface area contributed by atoms with Gasteiger partial charge in [-0.15, -0.1) is 0 Å². The number of nitrogens with one attached hydrogen (secondary N) is 2. The first-order valence-corrected chi connectivity index (χ1v) is 8.42. The van der Waals surface area contributed by atoms with Crippen LogP contribution in [0.1, 0.15) is 51.6 Å². The molecule has 7 nitrogen and oxygen atoms in total. The number of carboxylic acids is 1. The minimum atomic E-state index is -1.48. The highest BCUT2D eigenvalue weighted by Crippen LogP contribution is 2.27. The first-order valence-electron chi connectivity index (χ1n) is 8.42. The number of rotatable bonds is 6. The Morgan fingerprint density at radius 3 is 2.33 bits per heavy atom. The van der Waals surface area contributed by atoms with E-state index in [0.29, 0.717) is 5.75 Å². The van der Waals surface area contributed by atoms with E-state index >= 15 is 0 Å². The van der Waals surface area contributed by atoms with Gasteiger partial charge >= 0.3 is 0 Å². The standard InChI is InChI=1S/C20H22N2O5/c1-12(2)14-9-8-13(3)10-17(14)27-11-18(23)21-22-19(24)15-6-4-5-7-16(15)20(25)26/h4-10,12H,11H2,1-3H3,(H,21,23)(H,22,24)(H,25,26)/p-1. The van der Waals surface area contributed by atoms with E-state index in [4.69, 9.17) is 4.74 Å². The van der Waals surface area contributed by atoms with Gasteiger partial charge in [0.1, 0.15) is 5.75 Å². The molecule has 27 heavy (non-hydrogen) atoms. The number of carbonyl (C=O) groups is 3. The van der Waals surface area contributed by atoms with Crippen molar-refractivity contribution in [3.05, 3.63) is 64.7 Å². The van der Waals surface area contributed by atoms with Crippen LogP contribution in [-0.2, 0) is 4.79 Å². The highest BCUT2D eigenvalue weighted by atomic mass is 16.5. The minimum absolute atomic E-state index is 0.112. The van der Waals surface area contributed by atoms with Gasteiger partial charge in [0.05, 0.1) is 11.5 Å². The zero-order valence-electron chi connectivity index (χ0n) is 15.4. The molecule has 7 heteroatoms. The largest absolute Gasteiger partial charge is 0.545 e. The third-order valence-corrected chi connectivity index (χ3v) is 3.86. The van der Waals surface area contributed by atoms with Crippen LogP contribution in [0.4, 0.5) is 0 Å². The van der Waals surface area contributed by atoms with Crippen molar-refractivity contribution in [1.29, 1.82) is 0 Å². The van der Waals surface area contributed by atoms with Crippen LogP contribution in [0.2, 0.25) is 0 Å². The van der Waals surface area contributed by atoms with E-state index in [-0.39, 0.29) is 23.7 Å². The van der Waals surface area contributed by atoms with E-state index in [1.54, 1.807) is 0 Å². The van der Waals surface area contributed by atoms with Gasteiger partial charge in [0.15, 0.2) is 6.61 Å². The number of aromatic carboxylic acids is 1. The van der Waals surface area contributed by atoms with Crippen LogP contribution in [0.25, 0.3) is 0 Å². The third kappa shape index (κ3) is 5.31. The highest BCUT2D eigenvalue weighted by Gasteiger charge is 2.14. The van der Waals surface area contributed by atoms with Crippen LogP contribution in [0.15, 0.2) is 42.5 Å². The fourth-order valence-corrected chi connectivity index (χ4v) is 2.48. The van der Waals surface area contributed by atoms with Crippen LogP contribution in [0.5, 0.6) is 5.75 Å². The van der Waals surface area contributed by atoms with E-state index < -0.39 is 17.8 Å². The third-order valence-electron chi connectivity index (χ3n) is 3.86. The summed E-state index contributed by atoms with van der Waals surface area (Å²) in [5.74, 6) is -1.98. The number of amides is 2. The van der Waals surface area contributed by atoms with E-state index in [1.165, 1.54) is 24.3 Å². The zero-order valence-corrected chi connectivity index (χ0v) is 15.4. The molecule has 2 aromatic carbocycles. The predicted octanol–water partition coefficient (Wildman–Crippen LogP) is 1.32. The summed E-state index contributed by atoms with van der Waals surface area (Å²) >= 11 is 0. The molecule has 0 saturated heterocycles. The van der Waals surface area contributed by atoms with Crippen molar-refractivity contribution in [2.45, 2.75) is 26.7 Å². The quantitative estimate of drug-likeness (QED) is 0.747.